The van der Waals surface area contributed by atoms with Gasteiger partial charge in [0.15, 0.2) is 0 Å². The summed E-state index contributed by atoms with van der Waals surface area (Å²) in [7, 11) is 0. The maximum Gasteiger partial charge on any atom is 0 e. The summed E-state index contributed by atoms with van der Waals surface area (Å²) in [4.78, 5) is 0. The zero-order valence-corrected chi connectivity index (χ0v) is 3.28. The van der Waals surface area contributed by atoms with E-state index < -0.39 is 0 Å². The Hall–Kier alpha value is 0.337. The molecule has 1 radical (unpaired) electrons. The first-order valence-electron chi connectivity index (χ1n) is 0.986. The number of rotatable bonds is 0. The molecule has 0 saturated carbocycles. The first kappa shape index (κ1) is 8.84. The van der Waals surface area contributed by atoms with E-state index in [9.17, 15) is 0 Å². The maximum absolute atomic E-state index is 3.36. The molecule has 1 heteroatoms. The van der Waals surface area contributed by atoms with E-state index in [1.165, 1.54) is 0 Å². The van der Waals surface area contributed by atoms with Crippen LogP contribution in [0.15, 0.2) is 12.7 Å². The fourth-order valence-corrected chi connectivity index (χ4v) is 0. The van der Waals surface area contributed by atoms with E-state index in [1.807, 2.05) is 6.92 Å². The summed E-state index contributed by atoms with van der Waals surface area (Å²) in [6.45, 7) is 5.25. The van der Waals surface area contributed by atoms with Gasteiger partial charge in [-0.25, -0.2) is 0 Å². The van der Waals surface area contributed by atoms with Crippen LogP contribution in [-0.4, -0.2) is 18.9 Å². The standard InChI is InChI=1S/C3H6.Li/c1-3-2;/h3H,1H2,2H3;. The maximum atomic E-state index is 3.36. The van der Waals surface area contributed by atoms with E-state index in [-0.39, 0.29) is 18.9 Å². The molecule has 0 unspecified atom stereocenters. The van der Waals surface area contributed by atoms with Gasteiger partial charge in [-0.2, -0.15) is 0 Å². The molecule has 0 saturated heterocycles. The molecule has 0 bridgehead atoms. The number of hydrogen-bond acceptors (Lipinski definition) is 0. The first-order valence-corrected chi connectivity index (χ1v) is 0.986. The van der Waals surface area contributed by atoms with Gasteiger partial charge in [0.05, 0.1) is 0 Å². The fourth-order valence-electron chi connectivity index (χ4n) is 0. The average molecular weight is 49.0 g/mol. The molecule has 0 aliphatic rings. The van der Waals surface area contributed by atoms with Crippen molar-refractivity contribution in [2.75, 3.05) is 0 Å². The molecular weight excluding hydrogens is 43.0 g/mol. The van der Waals surface area contributed by atoms with E-state index in [0.29, 0.717) is 0 Å². The topological polar surface area (TPSA) is 0 Å². The van der Waals surface area contributed by atoms with Gasteiger partial charge in [-0.1, -0.05) is 6.08 Å². The Balaban J connectivity index is 0. The molecule has 19 valence electrons. The molecule has 0 N–H and O–H groups in total. The molecule has 4 heavy (non-hydrogen) atoms. The van der Waals surface area contributed by atoms with Crippen LogP contribution in [0.4, 0.5) is 0 Å². The van der Waals surface area contributed by atoms with Gasteiger partial charge < -0.3 is 0 Å². The van der Waals surface area contributed by atoms with Crippen LogP contribution in [0.3, 0.4) is 0 Å². The van der Waals surface area contributed by atoms with Crippen LogP contribution in [0.5, 0.6) is 0 Å². The van der Waals surface area contributed by atoms with E-state index >= 15 is 0 Å². The van der Waals surface area contributed by atoms with Crippen molar-refractivity contribution in [3.8, 4) is 0 Å². The molecule has 0 heterocycles. The second-order valence-electron chi connectivity index (χ2n) is 0.408. The third-order valence-corrected chi connectivity index (χ3v) is 0. The van der Waals surface area contributed by atoms with Gasteiger partial charge in [-0.15, -0.1) is 6.58 Å². The smallest absolute Gasteiger partial charge is 0 e. The third kappa shape index (κ3) is 36.7. The van der Waals surface area contributed by atoms with Crippen LogP contribution in [0.2, 0.25) is 0 Å². The molecule has 0 aromatic carbocycles. The van der Waals surface area contributed by atoms with Gasteiger partial charge >= 0.3 is 0 Å². The van der Waals surface area contributed by atoms with E-state index in [4.69, 9.17) is 0 Å². The number of hydrogen-bond donors (Lipinski definition) is 0. The second kappa shape index (κ2) is 10.2. The van der Waals surface area contributed by atoms with Gasteiger partial charge in [-0.3, -0.25) is 0 Å². The SMILES string of the molecule is C=CC.[Li]. The van der Waals surface area contributed by atoms with Crippen molar-refractivity contribution >= 4 is 18.9 Å². The summed E-state index contributed by atoms with van der Waals surface area (Å²) in [6.07, 6.45) is 1.75. The predicted octanol–water partition coefficient (Wildman–Crippen LogP) is 0.811. The molecule has 0 spiro atoms. The summed E-state index contributed by atoms with van der Waals surface area (Å²) in [5.41, 5.74) is 0. The Morgan fingerprint density at radius 3 is 1.75 bits per heavy atom. The zero-order chi connectivity index (χ0) is 2.71. The molecule has 0 fully saturated rings. The van der Waals surface area contributed by atoms with Crippen molar-refractivity contribution in [3.63, 3.8) is 0 Å². The molecular formula is C3H6Li. The van der Waals surface area contributed by atoms with Gasteiger partial charge in [0.2, 0.25) is 0 Å². The Morgan fingerprint density at radius 2 is 1.75 bits per heavy atom. The first-order chi connectivity index (χ1) is 1.41. The average Bonchev–Trinajstić information content (AvgIpc) is 0.918. The largest absolute Gasteiger partial charge is 0.103 e. The van der Waals surface area contributed by atoms with Crippen molar-refractivity contribution < 1.29 is 0 Å². The summed E-state index contributed by atoms with van der Waals surface area (Å²) in [5, 5.41) is 0. The monoisotopic (exact) mass is 49.1 g/mol. The van der Waals surface area contributed by atoms with E-state index in [0.717, 1.165) is 0 Å². The van der Waals surface area contributed by atoms with Crippen LogP contribution in [0.25, 0.3) is 0 Å². The van der Waals surface area contributed by atoms with Gasteiger partial charge in [-0.05, 0) is 6.92 Å². The summed E-state index contributed by atoms with van der Waals surface area (Å²) >= 11 is 0. The Kier molecular flexibility index (Phi) is 22.5. The van der Waals surface area contributed by atoms with Crippen molar-refractivity contribution in [2.45, 2.75) is 6.92 Å². The van der Waals surface area contributed by atoms with Gasteiger partial charge in [0.25, 0.3) is 0 Å². The molecule has 0 nitrogen and oxygen atoms in total. The minimum absolute atomic E-state index is 0. The van der Waals surface area contributed by atoms with E-state index in [2.05, 4.69) is 6.58 Å². The van der Waals surface area contributed by atoms with Crippen LogP contribution in [0.1, 0.15) is 6.92 Å². The molecule has 0 atom stereocenters. The van der Waals surface area contributed by atoms with E-state index in [1.54, 1.807) is 6.08 Å². The third-order valence-electron chi connectivity index (χ3n) is 0. The molecule has 0 rings (SSSR count). The van der Waals surface area contributed by atoms with Crippen LogP contribution < -0.4 is 0 Å². The summed E-state index contributed by atoms with van der Waals surface area (Å²) in [5.74, 6) is 0. The Labute approximate surface area is 39.1 Å². The molecule has 0 aromatic rings. The van der Waals surface area contributed by atoms with Gasteiger partial charge in [0, 0.05) is 18.9 Å². The van der Waals surface area contributed by atoms with Crippen molar-refractivity contribution in [1.29, 1.82) is 0 Å². The zero-order valence-electron chi connectivity index (χ0n) is 3.28. The number of allylic oxidation sites excluding steroid dienone is 1. The van der Waals surface area contributed by atoms with Crippen LogP contribution >= 0.6 is 0 Å². The van der Waals surface area contributed by atoms with Gasteiger partial charge in [0.1, 0.15) is 0 Å². The van der Waals surface area contributed by atoms with Crippen LogP contribution in [0, 0.1) is 0 Å². The fraction of sp³-hybridized carbons (Fsp3) is 0.333. The normalized spacial score (nSPS) is 3.25. The van der Waals surface area contributed by atoms with Crippen molar-refractivity contribution in [2.24, 2.45) is 0 Å². The minimum atomic E-state index is 0. The Morgan fingerprint density at radius 1 is 1.75 bits per heavy atom. The Bertz CT molecular complexity index is 10.8. The van der Waals surface area contributed by atoms with Crippen molar-refractivity contribution in [1.82, 2.24) is 0 Å². The molecule has 0 aliphatic carbocycles. The van der Waals surface area contributed by atoms with Crippen molar-refractivity contribution in [3.05, 3.63) is 12.7 Å². The minimum Gasteiger partial charge on any atom is -0.103 e. The predicted molar refractivity (Wildman–Crippen MR) is 21.6 cm³/mol. The summed E-state index contributed by atoms with van der Waals surface area (Å²) < 4.78 is 0. The quantitative estimate of drug-likeness (QED) is 0.281. The second-order valence-corrected chi connectivity index (χ2v) is 0.408. The summed E-state index contributed by atoms with van der Waals surface area (Å²) in [6, 6.07) is 0. The molecule has 0 amide bonds. The molecule has 0 aliphatic heterocycles. The van der Waals surface area contributed by atoms with Crippen LogP contribution in [-0.2, 0) is 0 Å². The molecule has 0 aromatic heterocycles.